The Morgan fingerprint density at radius 2 is 1.23 bits per heavy atom. The molecule has 8 rings (SSSR count). The number of methoxy groups -OCH3 is 2. The zero-order chi connectivity index (χ0) is 55.4. The highest BCUT2D eigenvalue weighted by atomic mass is 16.6. The number of carbonyl (C=O) groups is 7. The highest BCUT2D eigenvalue weighted by molar-refractivity contribution is 6.39. The van der Waals surface area contributed by atoms with E-state index >= 15 is 4.79 Å². The zero-order valence-corrected chi connectivity index (χ0v) is 42.7. The predicted octanol–water partition coefficient (Wildman–Crippen LogP) is 1.14. The molecule has 6 amide bonds. The van der Waals surface area contributed by atoms with Crippen molar-refractivity contribution in [2.45, 2.75) is 39.4 Å². The lowest BCUT2D eigenvalue weighted by Crippen LogP contribution is -2.56. The topological polar surface area (TPSA) is 327 Å². The zero-order valence-electron chi connectivity index (χ0n) is 42.7. The summed E-state index contributed by atoms with van der Waals surface area (Å²) in [6.07, 6.45) is -0.0538. The van der Waals surface area contributed by atoms with Crippen LogP contribution in [0.3, 0.4) is 0 Å². The lowest BCUT2D eigenvalue weighted by atomic mass is 9.79. The van der Waals surface area contributed by atoms with E-state index in [4.69, 9.17) is 33.5 Å². The van der Waals surface area contributed by atoms with E-state index in [-0.39, 0.29) is 142 Å². The summed E-state index contributed by atoms with van der Waals surface area (Å²) in [5.74, 6) is -5.06. The third-order valence-corrected chi connectivity index (χ3v) is 13.7. The summed E-state index contributed by atoms with van der Waals surface area (Å²) < 4.78 is 32.5. The van der Waals surface area contributed by atoms with Gasteiger partial charge in [0.1, 0.15) is 38.6 Å². The molecule has 6 N–H and O–H groups in total. The summed E-state index contributed by atoms with van der Waals surface area (Å²) in [4.78, 5) is 125. The Hall–Kier alpha value is -7.81. The Labute approximate surface area is 438 Å². The minimum absolute atomic E-state index is 0.00105. The summed E-state index contributed by atoms with van der Waals surface area (Å²) in [5.41, 5.74) is -0.626. The first-order chi connectivity index (χ1) is 37.0. The molecule has 1 unspecified atom stereocenters. The second kappa shape index (κ2) is 23.6. The molecule has 0 radical (unpaired) electrons. The third kappa shape index (κ3) is 10.4. The van der Waals surface area contributed by atoms with Crippen molar-refractivity contribution >= 4 is 102 Å². The van der Waals surface area contributed by atoms with E-state index in [0.29, 0.717) is 18.6 Å². The first-order valence-corrected chi connectivity index (χ1v) is 24.6. The molecule has 5 aromatic carbocycles. The normalized spacial score (nSPS) is 15.9. The van der Waals surface area contributed by atoms with Crippen LogP contribution in [0.15, 0.2) is 27.3 Å². The predicted molar refractivity (Wildman–Crippen MR) is 275 cm³/mol. The minimum Gasteiger partial charge on any atom is -0.505 e. The van der Waals surface area contributed by atoms with E-state index in [0.717, 1.165) is 25.7 Å². The number of piperazine rings is 2. The molecule has 0 spiro atoms. The van der Waals surface area contributed by atoms with Gasteiger partial charge in [0.15, 0.2) is 23.7 Å². The summed E-state index contributed by atoms with van der Waals surface area (Å²) in [6, 6.07) is 2.53. The molecule has 410 valence electrons. The van der Waals surface area contributed by atoms with Crippen molar-refractivity contribution in [1.29, 1.82) is 0 Å². The molecule has 2 fully saturated rings. The third-order valence-electron chi connectivity index (χ3n) is 13.7. The van der Waals surface area contributed by atoms with Crippen LogP contribution in [0.4, 0.5) is 21.0 Å². The van der Waals surface area contributed by atoms with Gasteiger partial charge in [-0.2, -0.15) is 0 Å². The number of aliphatic hydroxyl groups excluding tert-OH is 3. The number of imide groups is 2. The number of phenolic OH excluding ortho intramolecular Hbond substituents is 1. The molecule has 0 saturated carbocycles. The molecule has 1 aliphatic carbocycles. The number of benzene rings is 5. The maximum atomic E-state index is 15.1. The molecule has 2 aliphatic heterocycles. The number of hydrogen-bond acceptors (Lipinski definition) is 21. The van der Waals surface area contributed by atoms with Gasteiger partial charge in [-0.25, -0.2) is 9.59 Å². The van der Waals surface area contributed by atoms with Crippen molar-refractivity contribution in [3.63, 3.8) is 0 Å². The fourth-order valence-corrected chi connectivity index (χ4v) is 10.4. The summed E-state index contributed by atoms with van der Waals surface area (Å²) >= 11 is 0. The Morgan fingerprint density at radius 3 is 1.79 bits per heavy atom. The van der Waals surface area contributed by atoms with Gasteiger partial charge in [0.2, 0.25) is 29.1 Å². The number of nitrogens with zero attached hydrogens (tertiary/aromatic N) is 4. The summed E-state index contributed by atoms with van der Waals surface area (Å²) in [7, 11) is 2.74. The van der Waals surface area contributed by atoms with Crippen LogP contribution in [0, 0.1) is 0 Å². The van der Waals surface area contributed by atoms with Crippen LogP contribution in [-0.4, -0.2) is 195 Å². The van der Waals surface area contributed by atoms with E-state index in [1.165, 1.54) is 27.2 Å². The first-order valence-electron chi connectivity index (χ1n) is 24.6. The number of rotatable bonds is 23. The van der Waals surface area contributed by atoms with Crippen LogP contribution in [0.25, 0.3) is 49.2 Å². The van der Waals surface area contributed by atoms with Crippen molar-refractivity contribution in [2.75, 3.05) is 124 Å². The molecular formula is C52H58N6O19. The van der Waals surface area contributed by atoms with Crippen molar-refractivity contribution in [1.82, 2.24) is 19.6 Å². The molecule has 2 heterocycles. The number of Topliss-reactive ketones (excluding diaryl/α,β-unsaturated/α-hetero) is 1. The number of aliphatic hydroxyl groups is 3. The molecular weight excluding hydrogens is 1010 g/mol. The van der Waals surface area contributed by atoms with E-state index in [1.807, 2.05) is 0 Å². The van der Waals surface area contributed by atoms with Crippen LogP contribution < -0.4 is 26.2 Å². The number of hydrogen-bond donors (Lipinski definition) is 6. The van der Waals surface area contributed by atoms with Crippen LogP contribution >= 0.6 is 0 Å². The number of phenols is 1. The van der Waals surface area contributed by atoms with Gasteiger partial charge in [0.25, 0.3) is 0 Å². The Kier molecular flexibility index (Phi) is 17.0. The van der Waals surface area contributed by atoms with Gasteiger partial charge >= 0.3 is 12.2 Å². The lowest BCUT2D eigenvalue weighted by molar-refractivity contribution is -0.152. The molecule has 25 heteroatoms. The van der Waals surface area contributed by atoms with Gasteiger partial charge < -0.3 is 59.5 Å². The number of amides is 6. The second-order valence-electron chi connectivity index (χ2n) is 18.4. The number of anilines is 2. The molecule has 1 atom stereocenters. The quantitative estimate of drug-likeness (QED) is 0.0133. The van der Waals surface area contributed by atoms with Gasteiger partial charge in [-0.15, -0.1) is 0 Å². The number of carbonyl (C=O) groups excluding carboxylic acids is 7. The van der Waals surface area contributed by atoms with E-state index in [1.54, 1.807) is 13.0 Å². The minimum atomic E-state index is -1.17. The summed E-state index contributed by atoms with van der Waals surface area (Å²) in [6.45, 7) is -0.863. The van der Waals surface area contributed by atoms with E-state index in [9.17, 15) is 53.7 Å². The van der Waals surface area contributed by atoms with Gasteiger partial charge in [-0.1, -0.05) is 11.6 Å². The van der Waals surface area contributed by atoms with Crippen molar-refractivity contribution in [3.8, 4) is 11.5 Å². The molecule has 5 aromatic rings. The smallest absolute Gasteiger partial charge is 0.412 e. The van der Waals surface area contributed by atoms with Crippen molar-refractivity contribution in [2.24, 2.45) is 0 Å². The van der Waals surface area contributed by atoms with Gasteiger partial charge in [-0.3, -0.25) is 53.2 Å². The highest BCUT2D eigenvalue weighted by Crippen LogP contribution is 2.55. The highest BCUT2D eigenvalue weighted by Gasteiger charge is 2.39. The molecule has 77 heavy (non-hydrogen) atoms. The number of nitrogens with one attached hydrogen (secondary N) is 2. The molecule has 3 aliphatic rings. The standard InChI is InChI=1S/C52H58N6O19/c1-26-16-30-40-43-39(29(24-61)18-32(63)42(43)48(68)47(30)53-6-11-76-51(70)55-19-33(64)58(34(65)20-55)8-13-75-15-14-72-3)38-28(23-60)17-31(41-44(38)45(40)46(37(26)27(2)62)50(73-4)49(41)69)54-25-77-52(71)56-21-35(66)57(36(67)22-56)7-12-74-10-5-9-59/h16-18,37,53-54,59-61,68H,5-15,19-25H2,1-4H3. The van der Waals surface area contributed by atoms with Crippen LogP contribution in [-0.2, 0) is 60.9 Å². The van der Waals surface area contributed by atoms with Gasteiger partial charge in [0.05, 0.1) is 82.2 Å². The van der Waals surface area contributed by atoms with E-state index < -0.39 is 110 Å². The Balaban J connectivity index is 1.17. The fraction of sp³-hybridized carbons (Fsp3) is 0.442. The van der Waals surface area contributed by atoms with Crippen molar-refractivity contribution in [3.05, 3.63) is 60.4 Å². The monoisotopic (exact) mass is 1070 g/mol. The number of allylic oxidation sites excluding steroid dienone is 1. The number of aromatic hydroxyl groups is 1. The lowest BCUT2D eigenvalue weighted by Gasteiger charge is -2.32. The summed E-state index contributed by atoms with van der Waals surface area (Å²) in [5, 5.41) is 50.1. The van der Waals surface area contributed by atoms with E-state index in [2.05, 4.69) is 10.6 Å². The number of ether oxygens (including phenoxy) is 6. The fourth-order valence-electron chi connectivity index (χ4n) is 10.4. The number of ketones is 1. The maximum absolute atomic E-state index is 15.1. The molecule has 0 bridgehead atoms. The average molecular weight is 1070 g/mol. The molecule has 0 aromatic heterocycles. The molecule has 2 saturated heterocycles. The van der Waals surface area contributed by atoms with Gasteiger partial charge in [-0.05, 0) is 59.7 Å². The Bertz CT molecular complexity index is 3310. The average Bonchev–Trinajstić information content (AvgIpc) is 3.64. The number of fused-ring (bicyclic) bond motifs is 1. The second-order valence-corrected chi connectivity index (χ2v) is 18.4. The largest absolute Gasteiger partial charge is 0.505 e. The van der Waals surface area contributed by atoms with Crippen molar-refractivity contribution < 1.29 is 82.4 Å². The molecule has 25 nitrogen and oxygen atoms in total. The Morgan fingerprint density at radius 1 is 0.662 bits per heavy atom. The van der Waals surface area contributed by atoms with Crippen LogP contribution in [0.1, 0.15) is 48.4 Å². The van der Waals surface area contributed by atoms with Gasteiger partial charge in [0, 0.05) is 59.8 Å². The first kappa shape index (κ1) is 55.4. The van der Waals surface area contributed by atoms with Crippen LogP contribution in [0.2, 0.25) is 0 Å². The maximum Gasteiger partial charge on any atom is 0.412 e. The van der Waals surface area contributed by atoms with Crippen LogP contribution in [0.5, 0.6) is 11.5 Å². The SMILES string of the molecule is COCCOCCN1C(=O)CN(C(=O)OCCNc2c(O)c3c(=O)cc(CO)c4c5c(CO)cc(NCOC(=O)N6CC(=O)N(CCOCCCO)C(=O)C6)c6c(=O)c(OC)c7c(c(c2C=C(C)C7C(C)=O)c34)c65)CC1=O.